The van der Waals surface area contributed by atoms with Gasteiger partial charge in [0.25, 0.3) is 0 Å². The molecule has 1 fully saturated rings. The summed E-state index contributed by atoms with van der Waals surface area (Å²) in [6.07, 6.45) is 3.22. The summed E-state index contributed by atoms with van der Waals surface area (Å²) in [5.41, 5.74) is 1.10. The molecule has 1 atom stereocenters. The van der Waals surface area contributed by atoms with Crippen LogP contribution in [0.25, 0.3) is 0 Å². The van der Waals surface area contributed by atoms with Crippen LogP contribution in [-0.2, 0) is 16.1 Å². The SMILES string of the molecule is C[C@@H](C(=O)Nc1nccs1)N1CCC(C(=O)NCc2ccccc2)CC1. The van der Waals surface area contributed by atoms with Crippen molar-refractivity contribution in [1.29, 1.82) is 0 Å². The van der Waals surface area contributed by atoms with Crippen molar-refractivity contribution < 1.29 is 9.59 Å². The van der Waals surface area contributed by atoms with E-state index in [0.717, 1.165) is 31.5 Å². The fraction of sp³-hybridized carbons (Fsp3) is 0.421. The number of aromatic nitrogens is 1. The fourth-order valence-electron chi connectivity index (χ4n) is 3.14. The van der Waals surface area contributed by atoms with Gasteiger partial charge < -0.3 is 10.6 Å². The zero-order chi connectivity index (χ0) is 18.4. The average molecular weight is 372 g/mol. The van der Waals surface area contributed by atoms with Gasteiger partial charge >= 0.3 is 0 Å². The molecule has 2 amide bonds. The lowest BCUT2D eigenvalue weighted by Crippen LogP contribution is -2.48. The molecule has 138 valence electrons. The molecule has 1 aliphatic rings. The number of carbonyl (C=O) groups is 2. The van der Waals surface area contributed by atoms with Gasteiger partial charge in [-0.2, -0.15) is 0 Å². The van der Waals surface area contributed by atoms with Crippen molar-refractivity contribution in [1.82, 2.24) is 15.2 Å². The third-order valence-corrected chi connectivity index (χ3v) is 5.49. The Morgan fingerprint density at radius 2 is 2.00 bits per heavy atom. The Kier molecular flexibility index (Phi) is 6.35. The van der Waals surface area contributed by atoms with Crippen molar-refractivity contribution in [2.75, 3.05) is 18.4 Å². The minimum absolute atomic E-state index is 0.0178. The summed E-state index contributed by atoms with van der Waals surface area (Å²) < 4.78 is 0. The summed E-state index contributed by atoms with van der Waals surface area (Å²) >= 11 is 1.41. The molecule has 3 rings (SSSR count). The fourth-order valence-corrected chi connectivity index (χ4v) is 3.67. The van der Waals surface area contributed by atoms with Gasteiger partial charge in [-0.25, -0.2) is 4.98 Å². The van der Waals surface area contributed by atoms with Crippen LogP contribution < -0.4 is 10.6 Å². The van der Waals surface area contributed by atoms with Gasteiger partial charge in [0.1, 0.15) is 0 Å². The van der Waals surface area contributed by atoms with Crippen LogP contribution in [0.15, 0.2) is 41.9 Å². The third kappa shape index (κ3) is 4.89. The van der Waals surface area contributed by atoms with Gasteiger partial charge in [0, 0.05) is 24.0 Å². The first-order valence-corrected chi connectivity index (χ1v) is 9.77. The smallest absolute Gasteiger partial charge is 0.243 e. The van der Waals surface area contributed by atoms with E-state index in [2.05, 4.69) is 20.5 Å². The molecule has 2 heterocycles. The molecular weight excluding hydrogens is 348 g/mol. The Morgan fingerprint density at radius 1 is 1.27 bits per heavy atom. The number of piperidine rings is 1. The first kappa shape index (κ1) is 18.5. The minimum Gasteiger partial charge on any atom is -0.352 e. The number of amides is 2. The van der Waals surface area contributed by atoms with Crippen molar-refractivity contribution >= 4 is 28.3 Å². The lowest BCUT2D eigenvalue weighted by molar-refractivity contribution is -0.127. The highest BCUT2D eigenvalue weighted by Crippen LogP contribution is 2.20. The molecule has 2 aromatic rings. The molecule has 0 aliphatic carbocycles. The molecule has 1 aromatic heterocycles. The van der Waals surface area contributed by atoms with E-state index >= 15 is 0 Å². The van der Waals surface area contributed by atoms with Crippen LogP contribution in [0.5, 0.6) is 0 Å². The molecule has 26 heavy (non-hydrogen) atoms. The molecule has 2 N–H and O–H groups in total. The molecule has 1 saturated heterocycles. The second kappa shape index (κ2) is 8.91. The zero-order valence-corrected chi connectivity index (χ0v) is 15.7. The highest BCUT2D eigenvalue weighted by molar-refractivity contribution is 7.13. The van der Waals surface area contributed by atoms with Crippen LogP contribution in [0.3, 0.4) is 0 Å². The van der Waals surface area contributed by atoms with Gasteiger partial charge in [0.15, 0.2) is 5.13 Å². The second-order valence-electron chi connectivity index (χ2n) is 6.52. The Balaban J connectivity index is 1.43. The zero-order valence-electron chi connectivity index (χ0n) is 14.9. The number of anilines is 1. The highest BCUT2D eigenvalue weighted by atomic mass is 32.1. The van der Waals surface area contributed by atoms with Gasteiger partial charge in [-0.15, -0.1) is 11.3 Å². The van der Waals surface area contributed by atoms with Gasteiger partial charge in [0.05, 0.1) is 6.04 Å². The van der Waals surface area contributed by atoms with Crippen molar-refractivity contribution in [2.24, 2.45) is 5.92 Å². The lowest BCUT2D eigenvalue weighted by Gasteiger charge is -2.34. The van der Waals surface area contributed by atoms with E-state index in [4.69, 9.17) is 0 Å². The van der Waals surface area contributed by atoms with Gasteiger partial charge in [-0.05, 0) is 38.4 Å². The molecule has 0 radical (unpaired) electrons. The number of carbonyl (C=O) groups excluding carboxylic acids is 2. The predicted octanol–water partition coefficient (Wildman–Crippen LogP) is 2.50. The van der Waals surface area contributed by atoms with E-state index in [1.54, 1.807) is 6.20 Å². The van der Waals surface area contributed by atoms with E-state index in [1.165, 1.54) is 11.3 Å². The Bertz CT molecular complexity index is 712. The number of nitrogens with zero attached hydrogens (tertiary/aromatic N) is 2. The number of thiazole rings is 1. The van der Waals surface area contributed by atoms with E-state index < -0.39 is 0 Å². The summed E-state index contributed by atoms with van der Waals surface area (Å²) in [4.78, 5) is 30.9. The summed E-state index contributed by atoms with van der Waals surface area (Å²) in [5, 5.41) is 8.32. The van der Waals surface area contributed by atoms with E-state index in [0.29, 0.717) is 11.7 Å². The standard InChI is InChI=1S/C19H24N4O2S/c1-14(17(24)22-19-20-9-12-26-19)23-10-7-16(8-11-23)18(25)21-13-15-5-3-2-4-6-15/h2-6,9,12,14,16H,7-8,10-11,13H2,1H3,(H,21,25)(H,20,22,24)/t14-/m0/s1. The normalized spacial score (nSPS) is 16.8. The van der Waals surface area contributed by atoms with Gasteiger partial charge in [-0.1, -0.05) is 30.3 Å². The van der Waals surface area contributed by atoms with E-state index in [-0.39, 0.29) is 23.8 Å². The van der Waals surface area contributed by atoms with Gasteiger partial charge in [0.2, 0.25) is 11.8 Å². The minimum atomic E-state index is -0.229. The molecule has 6 nitrogen and oxygen atoms in total. The molecule has 1 aliphatic heterocycles. The quantitative estimate of drug-likeness (QED) is 0.817. The number of nitrogens with one attached hydrogen (secondary N) is 2. The molecule has 0 saturated carbocycles. The Morgan fingerprint density at radius 3 is 2.65 bits per heavy atom. The summed E-state index contributed by atoms with van der Waals surface area (Å²) in [6.45, 7) is 3.96. The van der Waals surface area contributed by atoms with Crippen molar-refractivity contribution in [3.63, 3.8) is 0 Å². The van der Waals surface area contributed by atoms with Crippen LogP contribution in [-0.4, -0.2) is 40.8 Å². The summed E-state index contributed by atoms with van der Waals surface area (Å²) in [5.74, 6) is 0.0736. The molecule has 0 bridgehead atoms. The van der Waals surface area contributed by atoms with Crippen LogP contribution in [0.1, 0.15) is 25.3 Å². The molecule has 0 spiro atoms. The number of hydrogen-bond acceptors (Lipinski definition) is 5. The largest absolute Gasteiger partial charge is 0.352 e. The topological polar surface area (TPSA) is 74.3 Å². The van der Waals surface area contributed by atoms with Crippen LogP contribution >= 0.6 is 11.3 Å². The third-order valence-electron chi connectivity index (χ3n) is 4.80. The van der Waals surface area contributed by atoms with E-state index in [9.17, 15) is 9.59 Å². The lowest BCUT2D eigenvalue weighted by atomic mass is 9.95. The predicted molar refractivity (Wildman–Crippen MR) is 103 cm³/mol. The van der Waals surface area contributed by atoms with Gasteiger partial charge in [-0.3, -0.25) is 14.5 Å². The molecule has 7 heteroatoms. The van der Waals surface area contributed by atoms with Crippen molar-refractivity contribution in [2.45, 2.75) is 32.4 Å². The summed E-state index contributed by atoms with van der Waals surface area (Å²) in [7, 11) is 0. The first-order chi connectivity index (χ1) is 12.6. The van der Waals surface area contributed by atoms with Crippen LogP contribution in [0.2, 0.25) is 0 Å². The molecule has 0 unspecified atom stereocenters. The monoisotopic (exact) mass is 372 g/mol. The number of benzene rings is 1. The maximum Gasteiger partial charge on any atom is 0.243 e. The second-order valence-corrected chi connectivity index (χ2v) is 7.41. The molecule has 1 aromatic carbocycles. The number of hydrogen-bond donors (Lipinski definition) is 2. The Labute approximate surface area is 157 Å². The van der Waals surface area contributed by atoms with Crippen molar-refractivity contribution in [3.8, 4) is 0 Å². The highest BCUT2D eigenvalue weighted by Gasteiger charge is 2.29. The van der Waals surface area contributed by atoms with Crippen LogP contribution in [0.4, 0.5) is 5.13 Å². The Hall–Kier alpha value is -2.25. The number of likely N-dealkylation sites (tertiary alicyclic amines) is 1. The maximum absolute atomic E-state index is 12.4. The average Bonchev–Trinajstić information content (AvgIpc) is 3.19. The first-order valence-electron chi connectivity index (χ1n) is 8.89. The van der Waals surface area contributed by atoms with Crippen molar-refractivity contribution in [3.05, 3.63) is 47.5 Å². The van der Waals surface area contributed by atoms with Crippen LogP contribution in [0, 0.1) is 5.92 Å². The maximum atomic E-state index is 12.4. The van der Waals surface area contributed by atoms with E-state index in [1.807, 2.05) is 42.6 Å². The number of rotatable bonds is 6. The molecular formula is C19H24N4O2S. The summed E-state index contributed by atoms with van der Waals surface area (Å²) in [6, 6.07) is 9.69.